The van der Waals surface area contributed by atoms with Crippen LogP contribution in [0.2, 0.25) is 0 Å². The second-order valence-electron chi connectivity index (χ2n) is 4.26. The molecule has 3 rings (SSSR count). The van der Waals surface area contributed by atoms with Crippen molar-refractivity contribution < 1.29 is 4.79 Å². The summed E-state index contributed by atoms with van der Waals surface area (Å²) in [6.45, 7) is 0. The Kier molecular flexibility index (Phi) is 2.71. The molecule has 18 heavy (non-hydrogen) atoms. The van der Waals surface area contributed by atoms with Crippen molar-refractivity contribution in [3.05, 3.63) is 24.3 Å². The van der Waals surface area contributed by atoms with Gasteiger partial charge in [-0.15, -0.1) is 10.2 Å². The first-order valence-electron chi connectivity index (χ1n) is 5.73. The van der Waals surface area contributed by atoms with Crippen LogP contribution in [0.15, 0.2) is 24.3 Å². The molecule has 92 valence electrons. The molecule has 0 bridgehead atoms. The van der Waals surface area contributed by atoms with Crippen molar-refractivity contribution in [3.63, 3.8) is 0 Å². The maximum atomic E-state index is 11.6. The molecule has 0 spiro atoms. The summed E-state index contributed by atoms with van der Waals surface area (Å²) >= 11 is 1.34. The number of nitrogens with one attached hydrogen (secondary N) is 1. The van der Waals surface area contributed by atoms with Gasteiger partial charge in [-0.1, -0.05) is 23.5 Å². The fraction of sp³-hybridized carbons (Fsp3) is 0.250. The molecule has 1 saturated carbocycles. The van der Waals surface area contributed by atoms with Gasteiger partial charge < -0.3 is 11.1 Å². The van der Waals surface area contributed by atoms with Crippen molar-refractivity contribution in [2.45, 2.75) is 12.8 Å². The van der Waals surface area contributed by atoms with Crippen molar-refractivity contribution in [3.8, 4) is 10.6 Å². The van der Waals surface area contributed by atoms with Gasteiger partial charge in [0.2, 0.25) is 11.0 Å². The fourth-order valence-corrected chi connectivity index (χ4v) is 2.42. The molecular formula is C12H12N4OS. The number of nitrogen functional groups attached to an aromatic ring is 1. The first kappa shape index (κ1) is 11.2. The Hall–Kier alpha value is -1.95. The predicted molar refractivity (Wildman–Crippen MR) is 71.1 cm³/mol. The zero-order valence-corrected chi connectivity index (χ0v) is 10.4. The number of para-hydroxylation sites is 1. The number of carbonyl (C=O) groups is 1. The Bertz CT molecular complexity index is 591. The Morgan fingerprint density at radius 1 is 1.33 bits per heavy atom. The van der Waals surface area contributed by atoms with E-state index in [0.717, 1.165) is 23.4 Å². The Morgan fingerprint density at radius 3 is 2.83 bits per heavy atom. The van der Waals surface area contributed by atoms with E-state index in [2.05, 4.69) is 15.5 Å². The van der Waals surface area contributed by atoms with Crippen LogP contribution in [-0.2, 0) is 4.79 Å². The summed E-state index contributed by atoms with van der Waals surface area (Å²) in [5.74, 6) is 0.206. The van der Waals surface area contributed by atoms with E-state index in [1.807, 2.05) is 24.3 Å². The van der Waals surface area contributed by atoms with Crippen molar-refractivity contribution in [1.29, 1.82) is 0 Å². The first-order valence-corrected chi connectivity index (χ1v) is 6.55. The number of amides is 1. The van der Waals surface area contributed by atoms with E-state index in [0.29, 0.717) is 10.8 Å². The van der Waals surface area contributed by atoms with Gasteiger partial charge in [-0.2, -0.15) is 0 Å². The molecule has 0 unspecified atom stereocenters. The SMILES string of the molecule is Nc1ccccc1-c1nnc(NC(=O)C2CC2)s1. The highest BCUT2D eigenvalue weighted by atomic mass is 32.1. The summed E-state index contributed by atoms with van der Waals surface area (Å²) in [4.78, 5) is 11.6. The van der Waals surface area contributed by atoms with Gasteiger partial charge in [0.05, 0.1) is 0 Å². The van der Waals surface area contributed by atoms with Gasteiger partial charge in [-0.25, -0.2) is 0 Å². The minimum absolute atomic E-state index is 0.0405. The van der Waals surface area contributed by atoms with Crippen molar-refractivity contribution >= 4 is 28.1 Å². The molecule has 1 heterocycles. The van der Waals surface area contributed by atoms with Crippen LogP contribution in [0, 0.1) is 5.92 Å². The van der Waals surface area contributed by atoms with Crippen LogP contribution >= 0.6 is 11.3 Å². The Balaban J connectivity index is 1.80. The Labute approximate surface area is 108 Å². The van der Waals surface area contributed by atoms with Crippen LogP contribution in [0.3, 0.4) is 0 Å². The number of aromatic nitrogens is 2. The van der Waals surface area contributed by atoms with Crippen LogP contribution in [0.1, 0.15) is 12.8 Å². The van der Waals surface area contributed by atoms with E-state index in [1.165, 1.54) is 11.3 Å². The third-order valence-electron chi connectivity index (χ3n) is 2.79. The molecule has 1 aliphatic rings. The molecule has 0 saturated heterocycles. The summed E-state index contributed by atoms with van der Waals surface area (Å²) in [5.41, 5.74) is 7.38. The van der Waals surface area contributed by atoms with Gasteiger partial charge in [-0.05, 0) is 25.0 Å². The molecule has 0 atom stereocenters. The lowest BCUT2D eigenvalue weighted by atomic mass is 10.2. The standard InChI is InChI=1S/C12H12N4OS/c13-9-4-2-1-3-8(9)11-15-16-12(18-11)14-10(17)7-5-6-7/h1-4,7H,5-6,13H2,(H,14,16,17). The summed E-state index contributed by atoms with van der Waals surface area (Å²) in [7, 11) is 0. The number of benzene rings is 1. The number of hydrogen-bond acceptors (Lipinski definition) is 5. The van der Waals surface area contributed by atoms with Gasteiger partial charge in [-0.3, -0.25) is 4.79 Å². The number of anilines is 2. The average molecular weight is 260 g/mol. The van der Waals surface area contributed by atoms with Crippen LogP contribution < -0.4 is 11.1 Å². The third kappa shape index (κ3) is 2.19. The molecule has 1 aromatic carbocycles. The first-order chi connectivity index (χ1) is 8.74. The lowest BCUT2D eigenvalue weighted by Crippen LogP contribution is -2.12. The highest BCUT2D eigenvalue weighted by Crippen LogP contribution is 2.33. The monoisotopic (exact) mass is 260 g/mol. The fourth-order valence-electron chi connectivity index (χ4n) is 1.63. The molecule has 2 aromatic rings. The molecule has 1 aromatic heterocycles. The molecule has 0 radical (unpaired) electrons. The molecular weight excluding hydrogens is 248 g/mol. The smallest absolute Gasteiger partial charge is 0.229 e. The maximum absolute atomic E-state index is 11.6. The zero-order chi connectivity index (χ0) is 12.5. The van der Waals surface area contributed by atoms with Gasteiger partial charge in [0.25, 0.3) is 0 Å². The number of hydrogen-bond donors (Lipinski definition) is 2. The van der Waals surface area contributed by atoms with E-state index < -0.39 is 0 Å². The topological polar surface area (TPSA) is 80.9 Å². The molecule has 1 fully saturated rings. The van der Waals surface area contributed by atoms with E-state index in [-0.39, 0.29) is 11.8 Å². The molecule has 1 aliphatic carbocycles. The Morgan fingerprint density at radius 2 is 2.11 bits per heavy atom. The maximum Gasteiger partial charge on any atom is 0.229 e. The molecule has 6 heteroatoms. The van der Waals surface area contributed by atoms with Crippen molar-refractivity contribution in [2.24, 2.45) is 5.92 Å². The summed E-state index contributed by atoms with van der Waals surface area (Å²) < 4.78 is 0. The third-order valence-corrected chi connectivity index (χ3v) is 3.67. The van der Waals surface area contributed by atoms with E-state index >= 15 is 0 Å². The van der Waals surface area contributed by atoms with Crippen LogP contribution in [0.4, 0.5) is 10.8 Å². The van der Waals surface area contributed by atoms with Crippen LogP contribution in [0.25, 0.3) is 10.6 Å². The number of carbonyl (C=O) groups excluding carboxylic acids is 1. The molecule has 1 amide bonds. The molecule has 3 N–H and O–H groups in total. The van der Waals surface area contributed by atoms with Crippen LogP contribution in [0.5, 0.6) is 0 Å². The van der Waals surface area contributed by atoms with Crippen LogP contribution in [-0.4, -0.2) is 16.1 Å². The van der Waals surface area contributed by atoms with Gasteiger partial charge in [0, 0.05) is 17.2 Å². The van der Waals surface area contributed by atoms with E-state index in [9.17, 15) is 4.79 Å². The minimum Gasteiger partial charge on any atom is -0.398 e. The zero-order valence-electron chi connectivity index (χ0n) is 9.59. The second kappa shape index (κ2) is 4.38. The lowest BCUT2D eigenvalue weighted by Gasteiger charge is -1.99. The highest BCUT2D eigenvalue weighted by molar-refractivity contribution is 7.18. The van der Waals surface area contributed by atoms with Crippen molar-refractivity contribution in [2.75, 3.05) is 11.1 Å². The average Bonchev–Trinajstić information content (AvgIpc) is 3.12. The number of nitrogens with two attached hydrogens (primary N) is 1. The van der Waals surface area contributed by atoms with E-state index in [1.54, 1.807) is 0 Å². The van der Waals surface area contributed by atoms with E-state index in [4.69, 9.17) is 5.73 Å². The van der Waals surface area contributed by atoms with Crippen molar-refractivity contribution in [1.82, 2.24) is 10.2 Å². The van der Waals surface area contributed by atoms with Gasteiger partial charge in [0.1, 0.15) is 0 Å². The predicted octanol–water partition coefficient (Wildman–Crippen LogP) is 2.14. The molecule has 0 aliphatic heterocycles. The summed E-state index contributed by atoms with van der Waals surface area (Å²) in [5, 5.41) is 12.1. The summed E-state index contributed by atoms with van der Waals surface area (Å²) in [6.07, 6.45) is 1.95. The molecule has 5 nitrogen and oxygen atoms in total. The second-order valence-corrected chi connectivity index (χ2v) is 5.24. The van der Waals surface area contributed by atoms with Gasteiger partial charge >= 0.3 is 0 Å². The number of rotatable bonds is 3. The summed E-state index contributed by atoms with van der Waals surface area (Å²) in [6, 6.07) is 7.48. The van der Waals surface area contributed by atoms with Gasteiger partial charge in [0.15, 0.2) is 5.01 Å². The minimum atomic E-state index is 0.0405. The largest absolute Gasteiger partial charge is 0.398 e. The number of nitrogens with zero attached hydrogens (tertiary/aromatic N) is 2. The highest BCUT2D eigenvalue weighted by Gasteiger charge is 2.30. The normalized spacial score (nSPS) is 14.4. The quantitative estimate of drug-likeness (QED) is 0.828. The lowest BCUT2D eigenvalue weighted by molar-refractivity contribution is -0.117.